The molecule has 0 spiro atoms. The van der Waals surface area contributed by atoms with E-state index in [-0.39, 0.29) is 0 Å². The van der Waals surface area contributed by atoms with Crippen LogP contribution in [0.25, 0.3) is 22.7 Å². The second kappa shape index (κ2) is 3.71. The zero-order valence-electron chi connectivity index (χ0n) is 7.59. The summed E-state index contributed by atoms with van der Waals surface area (Å²) in [7, 11) is 0. The first-order chi connectivity index (χ1) is 6.68. The SMILES string of the molecule is C=C(Br)/C=c1\c(=C)sc2ccccc12. The van der Waals surface area contributed by atoms with Gasteiger partial charge in [-0.3, -0.25) is 0 Å². The molecule has 0 unspecified atom stereocenters. The van der Waals surface area contributed by atoms with Gasteiger partial charge in [0.25, 0.3) is 0 Å². The lowest BCUT2D eigenvalue weighted by molar-refractivity contribution is 1.76. The Morgan fingerprint density at radius 1 is 1.36 bits per heavy atom. The number of fused-ring (bicyclic) bond motifs is 1. The zero-order valence-corrected chi connectivity index (χ0v) is 9.99. The van der Waals surface area contributed by atoms with Gasteiger partial charge >= 0.3 is 0 Å². The Balaban J connectivity index is 2.95. The molecule has 2 aromatic rings. The number of thiophene rings is 1. The van der Waals surface area contributed by atoms with Crippen molar-refractivity contribution < 1.29 is 0 Å². The molecule has 0 amide bonds. The molecule has 2 heteroatoms. The van der Waals surface area contributed by atoms with Crippen molar-refractivity contribution in [1.29, 1.82) is 0 Å². The fraction of sp³-hybridized carbons (Fsp3) is 0. The fourth-order valence-electron chi connectivity index (χ4n) is 1.43. The van der Waals surface area contributed by atoms with Crippen LogP contribution in [0.15, 0.2) is 35.3 Å². The second-order valence-corrected chi connectivity index (χ2v) is 5.18. The van der Waals surface area contributed by atoms with E-state index in [1.807, 2.05) is 18.2 Å². The Morgan fingerprint density at radius 2 is 2.07 bits per heavy atom. The van der Waals surface area contributed by atoms with Crippen molar-refractivity contribution in [2.24, 2.45) is 0 Å². The van der Waals surface area contributed by atoms with Crippen molar-refractivity contribution in [2.45, 2.75) is 0 Å². The lowest BCUT2D eigenvalue weighted by Gasteiger charge is -1.86. The quantitative estimate of drug-likeness (QED) is 0.743. The maximum absolute atomic E-state index is 4.04. The molecule has 0 aliphatic heterocycles. The van der Waals surface area contributed by atoms with Gasteiger partial charge in [0.1, 0.15) is 0 Å². The lowest BCUT2D eigenvalue weighted by Crippen LogP contribution is -2.16. The summed E-state index contributed by atoms with van der Waals surface area (Å²) in [4.78, 5) is 0. The molecule has 2 rings (SSSR count). The average molecular weight is 265 g/mol. The third-order valence-corrected chi connectivity index (χ3v) is 3.28. The molecule has 70 valence electrons. The molecule has 0 radical (unpaired) electrons. The highest BCUT2D eigenvalue weighted by Crippen LogP contribution is 2.12. The number of benzene rings is 1. The third kappa shape index (κ3) is 1.68. The second-order valence-electron chi connectivity index (χ2n) is 3.03. The highest BCUT2D eigenvalue weighted by Gasteiger charge is 1.97. The van der Waals surface area contributed by atoms with Crippen molar-refractivity contribution in [2.75, 3.05) is 0 Å². The third-order valence-electron chi connectivity index (χ3n) is 2.01. The highest BCUT2D eigenvalue weighted by atomic mass is 79.9. The van der Waals surface area contributed by atoms with Crippen LogP contribution in [0.4, 0.5) is 0 Å². The Bertz CT molecular complexity index is 592. The fourth-order valence-corrected chi connectivity index (χ4v) is 2.64. The normalized spacial score (nSPS) is 12.2. The molecule has 0 bridgehead atoms. The Hall–Kier alpha value is -0.860. The van der Waals surface area contributed by atoms with E-state index in [9.17, 15) is 0 Å². The maximum atomic E-state index is 4.04. The van der Waals surface area contributed by atoms with Gasteiger partial charge in [-0.05, 0) is 12.1 Å². The molecule has 0 nitrogen and oxygen atoms in total. The number of halogens is 1. The van der Waals surface area contributed by atoms with Crippen molar-refractivity contribution in [3.8, 4) is 0 Å². The van der Waals surface area contributed by atoms with E-state index in [0.717, 1.165) is 9.01 Å². The minimum Gasteiger partial charge on any atom is -0.136 e. The molecule has 0 aliphatic rings. The average Bonchev–Trinajstić information content (AvgIpc) is 2.43. The summed E-state index contributed by atoms with van der Waals surface area (Å²) in [6.07, 6.45) is 2.02. The van der Waals surface area contributed by atoms with Crippen molar-refractivity contribution >= 4 is 50.0 Å². The minimum absolute atomic E-state index is 0.881. The standard InChI is InChI=1S/C12H9BrS/c1-8(13)7-11-9(2)14-12-6-4-3-5-10(11)12/h3-7H,1-2H2/b11-7+. The van der Waals surface area contributed by atoms with Gasteiger partial charge in [0, 0.05) is 24.3 Å². The Labute approximate surface area is 95.0 Å². The summed E-state index contributed by atoms with van der Waals surface area (Å²) in [6.45, 7) is 7.85. The van der Waals surface area contributed by atoms with Gasteiger partial charge in [0.15, 0.2) is 0 Å². The zero-order chi connectivity index (χ0) is 10.1. The van der Waals surface area contributed by atoms with E-state index in [1.54, 1.807) is 11.3 Å². The molecule has 0 fully saturated rings. The van der Waals surface area contributed by atoms with E-state index < -0.39 is 0 Å². The van der Waals surface area contributed by atoms with Gasteiger partial charge in [-0.15, -0.1) is 11.3 Å². The van der Waals surface area contributed by atoms with E-state index >= 15 is 0 Å². The van der Waals surface area contributed by atoms with Crippen LogP contribution in [0, 0.1) is 0 Å². The van der Waals surface area contributed by atoms with Crippen molar-refractivity contribution in [3.63, 3.8) is 0 Å². The maximum Gasteiger partial charge on any atom is 0.0355 e. The molecule has 14 heavy (non-hydrogen) atoms. The topological polar surface area (TPSA) is 0 Å². The van der Waals surface area contributed by atoms with E-state index in [1.165, 1.54) is 15.3 Å². The number of hydrogen-bond donors (Lipinski definition) is 0. The minimum atomic E-state index is 0.881. The van der Waals surface area contributed by atoms with Crippen LogP contribution >= 0.6 is 27.3 Å². The van der Waals surface area contributed by atoms with Crippen LogP contribution in [0.2, 0.25) is 0 Å². The summed E-state index contributed by atoms with van der Waals surface area (Å²) < 4.78 is 3.25. The molecule has 1 aromatic heterocycles. The predicted octanol–water partition coefficient (Wildman–Crippen LogP) is 3.00. The summed E-state index contributed by atoms with van der Waals surface area (Å²) >= 11 is 5.06. The van der Waals surface area contributed by atoms with Gasteiger partial charge in [-0.2, -0.15) is 0 Å². The monoisotopic (exact) mass is 264 g/mol. The number of hydrogen-bond acceptors (Lipinski definition) is 1. The Kier molecular flexibility index (Phi) is 2.57. The number of rotatable bonds is 1. The summed E-state index contributed by atoms with van der Waals surface area (Å²) in [5, 5.41) is 2.43. The van der Waals surface area contributed by atoms with Crippen LogP contribution < -0.4 is 9.75 Å². The summed E-state index contributed by atoms with van der Waals surface area (Å²) in [5.41, 5.74) is 0. The van der Waals surface area contributed by atoms with Crippen LogP contribution in [0.3, 0.4) is 0 Å². The van der Waals surface area contributed by atoms with Gasteiger partial charge in [0.05, 0.1) is 0 Å². The van der Waals surface area contributed by atoms with Crippen molar-refractivity contribution in [3.05, 3.63) is 45.1 Å². The molecular formula is C12H9BrS. The van der Waals surface area contributed by atoms with E-state index in [0.29, 0.717) is 0 Å². The first-order valence-electron chi connectivity index (χ1n) is 4.21. The summed E-state index contributed by atoms with van der Waals surface area (Å²) in [6, 6.07) is 8.32. The highest BCUT2D eigenvalue weighted by molar-refractivity contribution is 9.12. The van der Waals surface area contributed by atoms with E-state index in [4.69, 9.17) is 0 Å². The van der Waals surface area contributed by atoms with Crippen LogP contribution in [0.5, 0.6) is 0 Å². The van der Waals surface area contributed by atoms with Gasteiger partial charge < -0.3 is 0 Å². The van der Waals surface area contributed by atoms with Gasteiger partial charge in [-0.1, -0.05) is 47.3 Å². The predicted molar refractivity (Wildman–Crippen MR) is 69.1 cm³/mol. The molecule has 0 saturated carbocycles. The molecule has 0 aliphatic carbocycles. The first-order valence-corrected chi connectivity index (χ1v) is 5.82. The molecule has 0 saturated heterocycles. The summed E-state index contributed by atoms with van der Waals surface area (Å²) in [5.74, 6) is 0. The van der Waals surface area contributed by atoms with Gasteiger partial charge in [0.2, 0.25) is 0 Å². The van der Waals surface area contributed by atoms with E-state index in [2.05, 4.69) is 41.2 Å². The van der Waals surface area contributed by atoms with Crippen LogP contribution in [-0.2, 0) is 0 Å². The first kappa shape index (κ1) is 9.69. The van der Waals surface area contributed by atoms with Gasteiger partial charge in [-0.25, -0.2) is 0 Å². The molecule has 1 heterocycles. The van der Waals surface area contributed by atoms with Crippen LogP contribution in [-0.4, -0.2) is 0 Å². The molecule has 0 N–H and O–H groups in total. The molecule has 0 atom stereocenters. The molecule has 1 aromatic carbocycles. The largest absolute Gasteiger partial charge is 0.136 e. The molecular weight excluding hydrogens is 256 g/mol. The Morgan fingerprint density at radius 3 is 2.79 bits per heavy atom. The van der Waals surface area contributed by atoms with Crippen LogP contribution in [0.1, 0.15) is 0 Å². The number of allylic oxidation sites excluding steroid dienone is 1. The van der Waals surface area contributed by atoms with Crippen molar-refractivity contribution in [1.82, 2.24) is 0 Å². The smallest absolute Gasteiger partial charge is 0.0355 e. The lowest BCUT2D eigenvalue weighted by atomic mass is 10.2.